The highest BCUT2D eigenvalue weighted by molar-refractivity contribution is 9.10. The summed E-state index contributed by atoms with van der Waals surface area (Å²) in [4.78, 5) is 11.9. The summed E-state index contributed by atoms with van der Waals surface area (Å²) < 4.78 is 6.34. The predicted octanol–water partition coefficient (Wildman–Crippen LogP) is 5.52. The van der Waals surface area contributed by atoms with E-state index in [-0.39, 0.29) is 11.0 Å². The Morgan fingerprint density at radius 1 is 1.00 bits per heavy atom. The van der Waals surface area contributed by atoms with Crippen LogP contribution >= 0.6 is 15.9 Å². The summed E-state index contributed by atoms with van der Waals surface area (Å²) in [6, 6.07) is 15.5. The van der Waals surface area contributed by atoms with E-state index in [1.165, 1.54) is 5.56 Å². The molecule has 0 aliphatic heterocycles. The van der Waals surface area contributed by atoms with Gasteiger partial charge < -0.3 is 4.42 Å². The standard InChI is InChI=1S/C19H17BrO2/c1-19(2,3)13-7-8-17-16(10-13)15(11-18(21)22-17)12-5-4-6-14(20)9-12/h4-11H,1-3H3. The largest absolute Gasteiger partial charge is 0.423 e. The van der Waals surface area contributed by atoms with Gasteiger partial charge in [0.05, 0.1) is 0 Å². The van der Waals surface area contributed by atoms with Crippen LogP contribution in [0.2, 0.25) is 0 Å². The first kappa shape index (κ1) is 15.0. The van der Waals surface area contributed by atoms with Crippen LogP contribution in [0.4, 0.5) is 0 Å². The molecule has 2 nitrogen and oxygen atoms in total. The van der Waals surface area contributed by atoms with E-state index in [9.17, 15) is 4.79 Å². The van der Waals surface area contributed by atoms with Gasteiger partial charge in [-0.15, -0.1) is 0 Å². The van der Waals surface area contributed by atoms with Crippen molar-refractivity contribution < 1.29 is 4.42 Å². The first-order valence-corrected chi connectivity index (χ1v) is 7.98. The number of halogens is 1. The molecule has 3 rings (SSSR count). The monoisotopic (exact) mass is 356 g/mol. The number of hydrogen-bond acceptors (Lipinski definition) is 2. The quantitative estimate of drug-likeness (QED) is 0.537. The maximum Gasteiger partial charge on any atom is 0.336 e. The number of hydrogen-bond donors (Lipinski definition) is 0. The molecule has 0 saturated heterocycles. The van der Waals surface area contributed by atoms with Crippen molar-refractivity contribution in [3.05, 3.63) is 69.0 Å². The van der Waals surface area contributed by atoms with Crippen LogP contribution in [-0.4, -0.2) is 0 Å². The highest BCUT2D eigenvalue weighted by Crippen LogP contribution is 2.32. The number of benzene rings is 2. The van der Waals surface area contributed by atoms with Gasteiger partial charge in [-0.05, 0) is 46.4 Å². The Hall–Kier alpha value is -1.87. The maximum absolute atomic E-state index is 11.9. The summed E-state index contributed by atoms with van der Waals surface area (Å²) in [5.41, 5.74) is 3.45. The Balaban J connectivity index is 2.35. The lowest BCUT2D eigenvalue weighted by Crippen LogP contribution is -2.11. The van der Waals surface area contributed by atoms with Gasteiger partial charge in [0.1, 0.15) is 5.58 Å². The number of fused-ring (bicyclic) bond motifs is 1. The van der Waals surface area contributed by atoms with Gasteiger partial charge in [0.25, 0.3) is 0 Å². The fraction of sp³-hybridized carbons (Fsp3) is 0.211. The van der Waals surface area contributed by atoms with Gasteiger partial charge >= 0.3 is 5.63 Å². The topological polar surface area (TPSA) is 30.2 Å². The average Bonchev–Trinajstić information content (AvgIpc) is 2.45. The molecule has 0 bridgehead atoms. The third-order valence-electron chi connectivity index (χ3n) is 3.74. The molecule has 3 heteroatoms. The van der Waals surface area contributed by atoms with Crippen LogP contribution in [0.5, 0.6) is 0 Å². The predicted molar refractivity (Wildman–Crippen MR) is 94.3 cm³/mol. The summed E-state index contributed by atoms with van der Waals surface area (Å²) in [7, 11) is 0. The van der Waals surface area contributed by atoms with Gasteiger partial charge in [-0.1, -0.05) is 54.9 Å². The molecular weight excluding hydrogens is 340 g/mol. The molecule has 0 aliphatic carbocycles. The lowest BCUT2D eigenvalue weighted by molar-refractivity contribution is 0.559. The fourth-order valence-corrected chi connectivity index (χ4v) is 2.92. The first-order valence-electron chi connectivity index (χ1n) is 7.19. The lowest BCUT2D eigenvalue weighted by Gasteiger charge is -2.19. The molecule has 0 fully saturated rings. The molecule has 0 unspecified atom stereocenters. The van der Waals surface area contributed by atoms with Gasteiger partial charge in [-0.2, -0.15) is 0 Å². The van der Waals surface area contributed by atoms with Crippen molar-refractivity contribution in [3.63, 3.8) is 0 Å². The smallest absolute Gasteiger partial charge is 0.336 e. The normalized spacial score (nSPS) is 11.8. The molecule has 0 amide bonds. The lowest BCUT2D eigenvalue weighted by atomic mass is 9.85. The highest BCUT2D eigenvalue weighted by atomic mass is 79.9. The van der Waals surface area contributed by atoms with Crippen molar-refractivity contribution in [2.75, 3.05) is 0 Å². The zero-order valence-corrected chi connectivity index (χ0v) is 14.4. The van der Waals surface area contributed by atoms with Crippen LogP contribution in [0, 0.1) is 0 Å². The van der Waals surface area contributed by atoms with E-state index in [1.807, 2.05) is 36.4 Å². The zero-order chi connectivity index (χ0) is 15.9. The van der Waals surface area contributed by atoms with Gasteiger partial charge in [0.2, 0.25) is 0 Å². The van der Waals surface area contributed by atoms with E-state index < -0.39 is 0 Å². The molecule has 22 heavy (non-hydrogen) atoms. The van der Waals surface area contributed by atoms with Gasteiger partial charge in [-0.3, -0.25) is 0 Å². The molecule has 3 aromatic rings. The summed E-state index contributed by atoms with van der Waals surface area (Å²) >= 11 is 3.49. The van der Waals surface area contributed by atoms with E-state index in [0.717, 1.165) is 21.0 Å². The number of rotatable bonds is 1. The van der Waals surface area contributed by atoms with Gasteiger partial charge in [0, 0.05) is 15.9 Å². The Labute approximate surface area is 137 Å². The highest BCUT2D eigenvalue weighted by Gasteiger charge is 2.16. The van der Waals surface area contributed by atoms with E-state index in [0.29, 0.717) is 5.58 Å². The SMILES string of the molecule is CC(C)(C)c1ccc2oc(=O)cc(-c3cccc(Br)c3)c2c1. The molecule has 1 heterocycles. The first-order chi connectivity index (χ1) is 10.3. The van der Waals surface area contributed by atoms with Crippen molar-refractivity contribution >= 4 is 26.9 Å². The molecule has 112 valence electrons. The molecule has 0 saturated carbocycles. The minimum Gasteiger partial charge on any atom is -0.423 e. The molecule has 0 radical (unpaired) electrons. The molecule has 0 N–H and O–H groups in total. The Morgan fingerprint density at radius 2 is 1.77 bits per heavy atom. The van der Waals surface area contributed by atoms with Gasteiger partial charge in [-0.25, -0.2) is 4.79 Å². The van der Waals surface area contributed by atoms with Gasteiger partial charge in [0.15, 0.2) is 0 Å². The van der Waals surface area contributed by atoms with Crippen LogP contribution in [0.25, 0.3) is 22.1 Å². The van der Waals surface area contributed by atoms with Crippen LogP contribution in [0.3, 0.4) is 0 Å². The molecule has 1 aromatic heterocycles. The van der Waals surface area contributed by atoms with E-state index in [2.05, 4.69) is 42.8 Å². The Morgan fingerprint density at radius 3 is 2.45 bits per heavy atom. The van der Waals surface area contributed by atoms with Crippen LogP contribution in [0.1, 0.15) is 26.3 Å². The van der Waals surface area contributed by atoms with Crippen molar-refractivity contribution in [2.24, 2.45) is 0 Å². The fourth-order valence-electron chi connectivity index (χ4n) is 2.52. The van der Waals surface area contributed by atoms with Crippen molar-refractivity contribution in [3.8, 4) is 11.1 Å². The van der Waals surface area contributed by atoms with Crippen molar-refractivity contribution in [2.45, 2.75) is 26.2 Å². The van der Waals surface area contributed by atoms with Crippen molar-refractivity contribution in [1.82, 2.24) is 0 Å². The molecular formula is C19H17BrO2. The molecule has 0 spiro atoms. The minimum absolute atomic E-state index is 0.0405. The molecule has 0 aliphatic rings. The van der Waals surface area contributed by atoms with E-state index >= 15 is 0 Å². The Kier molecular flexibility index (Phi) is 3.69. The van der Waals surface area contributed by atoms with Crippen molar-refractivity contribution in [1.29, 1.82) is 0 Å². The van der Waals surface area contributed by atoms with Crippen LogP contribution in [0.15, 0.2) is 62.2 Å². The minimum atomic E-state index is -0.328. The summed E-state index contributed by atoms with van der Waals surface area (Å²) in [6.45, 7) is 6.52. The maximum atomic E-state index is 11.9. The zero-order valence-electron chi connectivity index (χ0n) is 12.8. The van der Waals surface area contributed by atoms with Crippen LogP contribution in [-0.2, 0) is 5.41 Å². The van der Waals surface area contributed by atoms with E-state index in [4.69, 9.17) is 4.42 Å². The summed E-state index contributed by atoms with van der Waals surface area (Å²) in [5.74, 6) is 0. The van der Waals surface area contributed by atoms with E-state index in [1.54, 1.807) is 6.07 Å². The summed E-state index contributed by atoms with van der Waals surface area (Å²) in [5, 5.41) is 0.963. The second-order valence-electron chi connectivity index (χ2n) is 6.45. The van der Waals surface area contributed by atoms with Crippen LogP contribution < -0.4 is 5.63 Å². The summed E-state index contributed by atoms with van der Waals surface area (Å²) in [6.07, 6.45) is 0. The Bertz CT molecular complexity index is 901. The molecule has 2 aromatic carbocycles. The molecule has 0 atom stereocenters. The average molecular weight is 357 g/mol. The second kappa shape index (κ2) is 5.40. The second-order valence-corrected chi connectivity index (χ2v) is 7.37. The third kappa shape index (κ3) is 2.86. The third-order valence-corrected chi connectivity index (χ3v) is 4.24.